The molecule has 2 aromatic rings. The smallest absolute Gasteiger partial charge is 0.338 e. The summed E-state index contributed by atoms with van der Waals surface area (Å²) in [4.78, 5) is 50.1. The van der Waals surface area contributed by atoms with Crippen molar-refractivity contribution in [3.63, 3.8) is 0 Å². The lowest BCUT2D eigenvalue weighted by atomic mass is 10.0. The largest absolute Gasteiger partial charge is 0.478 e. The summed E-state index contributed by atoms with van der Waals surface area (Å²) in [5.41, 5.74) is 1.90. The lowest BCUT2D eigenvalue weighted by Crippen LogP contribution is -2.27. The molecule has 0 aromatic heterocycles. The molecule has 0 fully saturated rings. The summed E-state index contributed by atoms with van der Waals surface area (Å²) >= 11 is 0. The fourth-order valence-electron chi connectivity index (χ4n) is 3.58. The maximum absolute atomic E-state index is 12.2. The van der Waals surface area contributed by atoms with Gasteiger partial charge in [0, 0.05) is 38.3 Å². The Morgan fingerprint density at radius 2 is 1.08 bits per heavy atom. The number of carbonyl (C=O) groups excluding carboxylic acids is 3. The van der Waals surface area contributed by atoms with Crippen LogP contribution in [-0.4, -0.2) is 82.7 Å². The first-order valence-electron chi connectivity index (χ1n) is 12.4. The molecule has 38 heavy (non-hydrogen) atoms. The summed E-state index contributed by atoms with van der Waals surface area (Å²) in [6.45, 7) is 6.64. The van der Waals surface area contributed by atoms with E-state index in [-0.39, 0.29) is 48.3 Å². The van der Waals surface area contributed by atoms with Crippen LogP contribution in [0.3, 0.4) is 0 Å². The molecule has 0 aliphatic heterocycles. The molecule has 0 heterocycles. The number of hydrogen-bond acceptors (Lipinski definition) is 7. The number of amides is 2. The van der Waals surface area contributed by atoms with Crippen LogP contribution in [0.4, 0.5) is 0 Å². The zero-order valence-electron chi connectivity index (χ0n) is 22.7. The number of rotatable bonds is 11. The van der Waals surface area contributed by atoms with Gasteiger partial charge >= 0.3 is 11.9 Å². The van der Waals surface area contributed by atoms with Crippen molar-refractivity contribution in [1.82, 2.24) is 9.80 Å². The van der Waals surface area contributed by atoms with Gasteiger partial charge in [0.1, 0.15) is 0 Å². The fourth-order valence-corrected chi connectivity index (χ4v) is 3.58. The van der Waals surface area contributed by atoms with Crippen molar-refractivity contribution in [3.05, 3.63) is 69.8 Å². The molecule has 10 nitrogen and oxygen atoms in total. The number of benzene rings is 2. The summed E-state index contributed by atoms with van der Waals surface area (Å²) in [7, 11) is 3.37. The number of nitrogens with zero attached hydrogens (tertiary/aromatic N) is 2. The molecule has 0 aliphatic rings. The van der Waals surface area contributed by atoms with E-state index in [1.165, 1.54) is 35.2 Å². The quantitative estimate of drug-likeness (QED) is 0.376. The van der Waals surface area contributed by atoms with E-state index < -0.39 is 11.9 Å². The van der Waals surface area contributed by atoms with Crippen molar-refractivity contribution in [1.29, 1.82) is 0 Å². The predicted octanol–water partition coefficient (Wildman–Crippen LogP) is 3.20. The zero-order chi connectivity index (χ0) is 28.8. The van der Waals surface area contributed by atoms with E-state index in [1.54, 1.807) is 32.0 Å². The first-order valence-corrected chi connectivity index (χ1v) is 12.4. The van der Waals surface area contributed by atoms with Crippen LogP contribution in [0, 0.1) is 0 Å². The maximum atomic E-state index is 12.2. The topological polar surface area (TPSA) is 145 Å². The van der Waals surface area contributed by atoms with Crippen molar-refractivity contribution in [2.24, 2.45) is 0 Å². The van der Waals surface area contributed by atoms with Gasteiger partial charge in [0.15, 0.2) is 0 Å². The van der Waals surface area contributed by atoms with E-state index in [9.17, 15) is 24.3 Å². The Morgan fingerprint density at radius 3 is 1.45 bits per heavy atom. The zero-order valence-corrected chi connectivity index (χ0v) is 22.7. The van der Waals surface area contributed by atoms with Crippen molar-refractivity contribution in [3.8, 4) is 0 Å². The number of hydrogen-bond donors (Lipinski definition) is 3. The van der Waals surface area contributed by atoms with Gasteiger partial charge in [-0.15, -0.1) is 0 Å². The third kappa shape index (κ3) is 9.60. The van der Waals surface area contributed by atoms with Gasteiger partial charge in [-0.2, -0.15) is 0 Å². The van der Waals surface area contributed by atoms with Gasteiger partial charge in [-0.25, -0.2) is 9.59 Å². The molecule has 0 saturated heterocycles. The Hall–Kier alpha value is -3.76. The van der Waals surface area contributed by atoms with E-state index >= 15 is 0 Å². The molecular formula is C28H38N2O8. The van der Waals surface area contributed by atoms with Crippen molar-refractivity contribution < 1.29 is 39.2 Å². The van der Waals surface area contributed by atoms with Crippen LogP contribution in [0.25, 0.3) is 0 Å². The van der Waals surface area contributed by atoms with Gasteiger partial charge in [0.25, 0.3) is 11.8 Å². The Labute approximate surface area is 223 Å². The second-order valence-corrected chi connectivity index (χ2v) is 8.63. The number of aliphatic hydroxyl groups is 2. The van der Waals surface area contributed by atoms with E-state index in [4.69, 9.17) is 14.9 Å². The van der Waals surface area contributed by atoms with E-state index in [2.05, 4.69) is 0 Å². The van der Waals surface area contributed by atoms with Crippen LogP contribution in [0.15, 0.2) is 36.4 Å². The average molecular weight is 531 g/mol. The second kappa shape index (κ2) is 16.2. The van der Waals surface area contributed by atoms with Crippen molar-refractivity contribution >= 4 is 23.8 Å². The summed E-state index contributed by atoms with van der Waals surface area (Å²) in [5, 5.41) is 27.3. The molecule has 0 unspecified atom stereocenters. The Balaban J connectivity index is 0.000000382. The third-order valence-corrected chi connectivity index (χ3v) is 5.41. The minimum absolute atomic E-state index is 0.00907. The molecule has 0 bridgehead atoms. The second-order valence-electron chi connectivity index (χ2n) is 8.63. The predicted molar refractivity (Wildman–Crippen MR) is 142 cm³/mol. The molecule has 10 heteroatoms. The Kier molecular flexibility index (Phi) is 13.7. The maximum Gasteiger partial charge on any atom is 0.338 e. The normalized spacial score (nSPS) is 10.2. The molecule has 0 atom stereocenters. The highest BCUT2D eigenvalue weighted by Crippen LogP contribution is 2.15. The van der Waals surface area contributed by atoms with E-state index in [0.717, 1.165) is 12.8 Å². The van der Waals surface area contributed by atoms with Gasteiger partial charge < -0.3 is 29.9 Å². The van der Waals surface area contributed by atoms with Gasteiger partial charge in [-0.05, 0) is 67.3 Å². The molecule has 208 valence electrons. The number of carboxylic acids is 1. The molecule has 2 rings (SSSR count). The van der Waals surface area contributed by atoms with Crippen LogP contribution < -0.4 is 0 Å². The van der Waals surface area contributed by atoms with Crippen LogP contribution >= 0.6 is 0 Å². The molecule has 0 radical (unpaired) electrons. The number of carboxylic acid groups (broad SMARTS) is 1. The summed E-state index contributed by atoms with van der Waals surface area (Å²) in [6, 6.07) is 8.84. The molecule has 3 N–H and O–H groups in total. The number of ether oxygens (including phenoxy) is 1. The highest BCUT2D eigenvalue weighted by molar-refractivity contribution is 5.98. The lowest BCUT2D eigenvalue weighted by Gasteiger charge is -2.17. The van der Waals surface area contributed by atoms with Crippen molar-refractivity contribution in [2.75, 3.05) is 33.8 Å². The van der Waals surface area contributed by atoms with Gasteiger partial charge in [0.2, 0.25) is 0 Å². The molecule has 2 aromatic carbocycles. The lowest BCUT2D eigenvalue weighted by molar-refractivity contribution is 0.0525. The monoisotopic (exact) mass is 530 g/mol. The van der Waals surface area contributed by atoms with E-state index in [0.29, 0.717) is 29.8 Å². The number of aliphatic hydroxyl groups excluding tert-OH is 2. The third-order valence-electron chi connectivity index (χ3n) is 5.41. The van der Waals surface area contributed by atoms with Crippen LogP contribution in [0.5, 0.6) is 0 Å². The molecule has 2 amide bonds. The van der Waals surface area contributed by atoms with Crippen LogP contribution in [0.1, 0.15) is 86.2 Å². The number of aromatic carboxylic acids is 1. The Bertz CT molecular complexity index is 1120. The average Bonchev–Trinajstić information content (AvgIpc) is 2.92. The minimum atomic E-state index is -1.11. The number of esters is 1. The van der Waals surface area contributed by atoms with Gasteiger partial charge in [-0.3, -0.25) is 9.59 Å². The number of carbonyl (C=O) groups is 4. The minimum Gasteiger partial charge on any atom is -0.478 e. The van der Waals surface area contributed by atoms with Crippen molar-refractivity contribution in [2.45, 2.75) is 46.8 Å². The molecule has 0 saturated carbocycles. The Morgan fingerprint density at radius 1 is 0.684 bits per heavy atom. The summed E-state index contributed by atoms with van der Waals surface area (Å²) < 4.78 is 4.92. The first kappa shape index (κ1) is 32.3. The van der Waals surface area contributed by atoms with Crippen LogP contribution in [0.2, 0.25) is 0 Å². The molecule has 0 spiro atoms. The summed E-state index contributed by atoms with van der Waals surface area (Å²) in [6.07, 6.45) is 1.68. The van der Waals surface area contributed by atoms with Crippen LogP contribution in [-0.2, 0) is 18.0 Å². The highest BCUT2D eigenvalue weighted by Gasteiger charge is 2.17. The summed E-state index contributed by atoms with van der Waals surface area (Å²) in [5.74, 6) is -2.02. The fraction of sp³-hybridized carbons (Fsp3) is 0.429. The first-order chi connectivity index (χ1) is 18.0. The molecule has 0 aliphatic carbocycles. The molecular weight excluding hydrogens is 492 g/mol. The standard InChI is InChI=1S/C15H21NO4.C13H17NO4/c1-4-6-16(3)14(18)12-7-11(10-17)8-13(9-12)15(19)20-5-2;1-3-4-14(2)12(16)10-5-9(8-15)6-11(7-10)13(17)18/h7-9,17H,4-6,10H2,1-3H3;5-7,15H,3-4,8H2,1-2H3,(H,17,18). The van der Waals surface area contributed by atoms with Gasteiger partial charge in [0.05, 0.1) is 30.9 Å². The van der Waals surface area contributed by atoms with Gasteiger partial charge in [-0.1, -0.05) is 13.8 Å². The highest BCUT2D eigenvalue weighted by atomic mass is 16.5. The SMILES string of the molecule is CCCN(C)C(=O)c1cc(CO)cc(C(=O)O)c1.CCCN(C)C(=O)c1cc(CO)cc(C(=O)OCC)c1. The van der Waals surface area contributed by atoms with E-state index in [1.807, 2.05) is 13.8 Å².